The van der Waals surface area contributed by atoms with Gasteiger partial charge in [0.25, 0.3) is 0 Å². The van der Waals surface area contributed by atoms with Crippen molar-refractivity contribution in [3.63, 3.8) is 0 Å². The highest BCUT2D eigenvalue weighted by Crippen LogP contribution is 2.07. The largest absolute Gasteiger partial charge is 0.480 e. The van der Waals surface area contributed by atoms with Gasteiger partial charge in [-0.15, -0.1) is 5.10 Å². The van der Waals surface area contributed by atoms with E-state index in [2.05, 4.69) is 20.9 Å². The van der Waals surface area contributed by atoms with Crippen LogP contribution in [0.15, 0.2) is 12.4 Å². The third-order valence-electron chi connectivity index (χ3n) is 3.09. The molecule has 2 amide bonds. The first-order valence-electron chi connectivity index (χ1n) is 6.65. The van der Waals surface area contributed by atoms with Crippen LogP contribution < -0.4 is 10.6 Å². The molecule has 0 aliphatic heterocycles. The molecule has 0 aromatic carbocycles. The van der Waals surface area contributed by atoms with Crippen LogP contribution in [0.1, 0.15) is 26.7 Å². The summed E-state index contributed by atoms with van der Waals surface area (Å²) in [6, 6.07) is -1.33. The molecule has 8 nitrogen and oxygen atoms in total. The molecule has 0 saturated heterocycles. The number of aryl methyl sites for hydroxylation is 1. The predicted octanol–water partition coefficient (Wildman–Crippen LogP) is 0.467. The van der Waals surface area contributed by atoms with Crippen molar-refractivity contribution < 1.29 is 14.7 Å². The van der Waals surface area contributed by atoms with Crippen LogP contribution in [0.25, 0.3) is 0 Å². The van der Waals surface area contributed by atoms with E-state index in [1.165, 1.54) is 0 Å². The minimum Gasteiger partial charge on any atom is -0.480 e. The summed E-state index contributed by atoms with van der Waals surface area (Å²) >= 11 is 0. The highest BCUT2D eigenvalue weighted by molar-refractivity contribution is 5.82. The Morgan fingerprint density at radius 1 is 1.45 bits per heavy atom. The molecule has 1 aromatic rings. The fourth-order valence-electron chi connectivity index (χ4n) is 1.67. The highest BCUT2D eigenvalue weighted by atomic mass is 16.4. The molecular weight excluding hydrogens is 262 g/mol. The van der Waals surface area contributed by atoms with Gasteiger partial charge in [0.1, 0.15) is 6.04 Å². The molecular formula is C12H21N5O3. The van der Waals surface area contributed by atoms with Gasteiger partial charge in [-0.05, 0) is 12.3 Å². The van der Waals surface area contributed by atoms with Gasteiger partial charge in [0.05, 0.1) is 6.20 Å². The lowest BCUT2D eigenvalue weighted by atomic mass is 9.99. The number of aliphatic carboxylic acids is 1. The van der Waals surface area contributed by atoms with Crippen molar-refractivity contribution >= 4 is 12.0 Å². The number of carbonyl (C=O) groups is 2. The first-order valence-corrected chi connectivity index (χ1v) is 6.65. The van der Waals surface area contributed by atoms with Crippen molar-refractivity contribution in [3.8, 4) is 0 Å². The number of hydrogen-bond acceptors (Lipinski definition) is 4. The third-order valence-corrected chi connectivity index (χ3v) is 3.09. The highest BCUT2D eigenvalue weighted by Gasteiger charge is 2.24. The van der Waals surface area contributed by atoms with Crippen molar-refractivity contribution in [1.82, 2.24) is 25.6 Å². The average molecular weight is 283 g/mol. The van der Waals surface area contributed by atoms with E-state index >= 15 is 0 Å². The van der Waals surface area contributed by atoms with E-state index in [0.717, 1.165) is 0 Å². The van der Waals surface area contributed by atoms with Crippen LogP contribution >= 0.6 is 0 Å². The molecule has 0 aliphatic rings. The molecule has 0 spiro atoms. The van der Waals surface area contributed by atoms with E-state index in [4.69, 9.17) is 5.11 Å². The zero-order chi connectivity index (χ0) is 15.0. The Bertz CT molecular complexity index is 421. The second-order valence-corrected chi connectivity index (χ2v) is 4.62. The van der Waals surface area contributed by atoms with Crippen molar-refractivity contribution in [2.24, 2.45) is 5.92 Å². The fourth-order valence-corrected chi connectivity index (χ4v) is 1.67. The molecule has 20 heavy (non-hydrogen) atoms. The standard InChI is InChI=1S/C12H21N5O3/c1-3-9(2)10(11(18)19)15-12(20)13-5-4-7-17-8-6-14-16-17/h6,8-10H,3-5,7H2,1-2H3,(H,18,19)(H2,13,15,20). The van der Waals surface area contributed by atoms with Crippen LogP contribution in [-0.4, -0.2) is 44.7 Å². The second kappa shape index (κ2) is 8.13. The quantitative estimate of drug-likeness (QED) is 0.601. The smallest absolute Gasteiger partial charge is 0.326 e. The number of hydrogen-bond donors (Lipinski definition) is 3. The molecule has 8 heteroatoms. The number of nitrogens with one attached hydrogen (secondary N) is 2. The number of aromatic nitrogens is 3. The van der Waals surface area contributed by atoms with E-state index in [0.29, 0.717) is 25.9 Å². The van der Waals surface area contributed by atoms with Gasteiger partial charge in [-0.3, -0.25) is 4.68 Å². The first-order chi connectivity index (χ1) is 9.54. The van der Waals surface area contributed by atoms with Crippen molar-refractivity contribution in [1.29, 1.82) is 0 Å². The lowest BCUT2D eigenvalue weighted by Crippen LogP contribution is -2.49. The second-order valence-electron chi connectivity index (χ2n) is 4.62. The van der Waals surface area contributed by atoms with Gasteiger partial charge in [-0.1, -0.05) is 25.5 Å². The van der Waals surface area contributed by atoms with Crippen LogP contribution in [0.4, 0.5) is 4.79 Å². The number of carboxylic acids is 1. The van der Waals surface area contributed by atoms with Crippen LogP contribution in [0.5, 0.6) is 0 Å². The Labute approximate surface area is 117 Å². The molecule has 1 rings (SSSR count). The molecule has 0 aliphatic carbocycles. The first kappa shape index (κ1) is 15.9. The van der Waals surface area contributed by atoms with Gasteiger partial charge in [-0.25, -0.2) is 9.59 Å². The summed E-state index contributed by atoms with van der Waals surface area (Å²) in [6.45, 7) is 4.77. The molecule has 1 heterocycles. The fraction of sp³-hybridized carbons (Fsp3) is 0.667. The van der Waals surface area contributed by atoms with E-state index in [-0.39, 0.29) is 5.92 Å². The van der Waals surface area contributed by atoms with E-state index < -0.39 is 18.0 Å². The van der Waals surface area contributed by atoms with Gasteiger partial charge in [0.2, 0.25) is 0 Å². The summed E-state index contributed by atoms with van der Waals surface area (Å²) in [6.07, 6.45) is 4.70. The third kappa shape index (κ3) is 5.25. The van der Waals surface area contributed by atoms with Crippen molar-refractivity contribution in [2.45, 2.75) is 39.3 Å². The Morgan fingerprint density at radius 3 is 2.75 bits per heavy atom. The van der Waals surface area contributed by atoms with Gasteiger partial charge in [0.15, 0.2) is 0 Å². The minimum atomic E-state index is -1.02. The molecule has 2 unspecified atom stereocenters. The van der Waals surface area contributed by atoms with Crippen molar-refractivity contribution in [2.75, 3.05) is 6.54 Å². The predicted molar refractivity (Wildman–Crippen MR) is 72.1 cm³/mol. The summed E-state index contributed by atoms with van der Waals surface area (Å²) in [5.74, 6) is -1.13. The van der Waals surface area contributed by atoms with Crippen LogP contribution in [-0.2, 0) is 11.3 Å². The number of carboxylic acid groups (broad SMARTS) is 1. The Hall–Kier alpha value is -2.12. The number of carbonyl (C=O) groups excluding carboxylic acids is 1. The molecule has 1 aromatic heterocycles. The van der Waals surface area contributed by atoms with E-state index in [1.807, 2.05) is 6.92 Å². The monoisotopic (exact) mass is 283 g/mol. The average Bonchev–Trinajstić information content (AvgIpc) is 2.93. The summed E-state index contributed by atoms with van der Waals surface area (Å²) in [7, 11) is 0. The number of nitrogens with zero attached hydrogens (tertiary/aromatic N) is 3. The summed E-state index contributed by atoms with van der Waals surface area (Å²) in [4.78, 5) is 22.7. The minimum absolute atomic E-state index is 0.117. The Kier molecular flexibility index (Phi) is 6.48. The molecule has 0 fully saturated rings. The molecule has 2 atom stereocenters. The molecule has 112 valence electrons. The zero-order valence-corrected chi connectivity index (χ0v) is 11.7. The van der Waals surface area contributed by atoms with Crippen LogP contribution in [0, 0.1) is 5.92 Å². The summed E-state index contributed by atoms with van der Waals surface area (Å²) < 4.78 is 1.67. The van der Waals surface area contributed by atoms with E-state index in [1.54, 1.807) is 24.0 Å². The maximum absolute atomic E-state index is 11.6. The molecule has 0 saturated carbocycles. The number of urea groups is 1. The lowest BCUT2D eigenvalue weighted by Gasteiger charge is -2.20. The SMILES string of the molecule is CCC(C)C(NC(=O)NCCCn1ccnn1)C(=O)O. The summed E-state index contributed by atoms with van der Waals surface area (Å²) in [5.41, 5.74) is 0. The Balaban J connectivity index is 2.26. The normalized spacial score (nSPS) is 13.5. The van der Waals surface area contributed by atoms with E-state index in [9.17, 15) is 9.59 Å². The van der Waals surface area contributed by atoms with Crippen LogP contribution in [0.3, 0.4) is 0 Å². The molecule has 0 radical (unpaired) electrons. The molecule has 3 N–H and O–H groups in total. The summed E-state index contributed by atoms with van der Waals surface area (Å²) in [5, 5.41) is 21.6. The maximum Gasteiger partial charge on any atom is 0.326 e. The molecule has 0 bridgehead atoms. The Morgan fingerprint density at radius 2 is 2.20 bits per heavy atom. The van der Waals surface area contributed by atoms with Crippen LogP contribution in [0.2, 0.25) is 0 Å². The van der Waals surface area contributed by atoms with Gasteiger partial charge < -0.3 is 15.7 Å². The number of amides is 2. The zero-order valence-electron chi connectivity index (χ0n) is 11.7. The van der Waals surface area contributed by atoms with Gasteiger partial charge >= 0.3 is 12.0 Å². The number of rotatable bonds is 8. The lowest BCUT2D eigenvalue weighted by molar-refractivity contribution is -0.140. The maximum atomic E-state index is 11.6. The topological polar surface area (TPSA) is 109 Å². The van der Waals surface area contributed by atoms with Gasteiger partial charge in [-0.2, -0.15) is 0 Å². The van der Waals surface area contributed by atoms with Crippen molar-refractivity contribution in [3.05, 3.63) is 12.4 Å². The van der Waals surface area contributed by atoms with Gasteiger partial charge in [0, 0.05) is 19.3 Å².